The Morgan fingerprint density at radius 2 is 2.04 bits per heavy atom. The van der Waals surface area contributed by atoms with E-state index in [1.165, 1.54) is 6.20 Å². The molecule has 0 bridgehead atoms. The molecular formula is C15H12N6O2. The Morgan fingerprint density at radius 3 is 2.83 bits per heavy atom. The molecule has 4 aromatic heterocycles. The largest absolute Gasteiger partial charge is 0.377 e. The van der Waals surface area contributed by atoms with Crippen LogP contribution in [-0.4, -0.2) is 36.2 Å². The summed E-state index contributed by atoms with van der Waals surface area (Å²) >= 11 is 0. The molecule has 4 rings (SSSR count). The molecule has 0 N–H and O–H groups in total. The minimum atomic E-state index is -0.174. The summed E-state index contributed by atoms with van der Waals surface area (Å²) < 4.78 is 8.14. The van der Waals surface area contributed by atoms with Gasteiger partial charge in [0, 0.05) is 31.9 Å². The van der Waals surface area contributed by atoms with Crippen molar-refractivity contribution in [1.29, 1.82) is 0 Å². The van der Waals surface area contributed by atoms with Crippen molar-refractivity contribution in [1.82, 2.24) is 29.1 Å². The zero-order chi connectivity index (χ0) is 15.8. The second-order valence-electron chi connectivity index (χ2n) is 4.93. The Hall–Kier alpha value is -3.13. The maximum absolute atomic E-state index is 12.7. The number of hydrogen-bond donors (Lipinski definition) is 0. The molecule has 0 aromatic carbocycles. The lowest BCUT2D eigenvalue weighted by molar-refractivity contribution is 0.178. The van der Waals surface area contributed by atoms with E-state index in [2.05, 4.69) is 20.1 Å². The van der Waals surface area contributed by atoms with E-state index in [9.17, 15) is 4.79 Å². The van der Waals surface area contributed by atoms with Gasteiger partial charge in [-0.1, -0.05) is 0 Å². The number of methoxy groups -OCH3 is 1. The smallest absolute Gasteiger partial charge is 0.266 e. The highest BCUT2D eigenvalue weighted by Gasteiger charge is 2.11. The van der Waals surface area contributed by atoms with Crippen LogP contribution in [0.2, 0.25) is 0 Å². The second kappa shape index (κ2) is 5.25. The van der Waals surface area contributed by atoms with E-state index in [-0.39, 0.29) is 5.56 Å². The molecule has 0 amide bonds. The topological polar surface area (TPSA) is 87.2 Å². The van der Waals surface area contributed by atoms with E-state index in [0.717, 1.165) is 5.69 Å². The van der Waals surface area contributed by atoms with Gasteiger partial charge in [-0.25, -0.2) is 4.98 Å². The van der Waals surface area contributed by atoms with Crippen LogP contribution in [0.25, 0.3) is 22.4 Å². The number of fused-ring (bicyclic) bond motifs is 3. The van der Waals surface area contributed by atoms with E-state index in [1.54, 1.807) is 46.9 Å². The molecule has 0 aliphatic heterocycles. The first-order chi connectivity index (χ1) is 11.3. The van der Waals surface area contributed by atoms with Crippen molar-refractivity contribution in [3.8, 4) is 5.69 Å². The van der Waals surface area contributed by atoms with Crippen LogP contribution in [0.5, 0.6) is 0 Å². The van der Waals surface area contributed by atoms with Crippen molar-refractivity contribution in [2.75, 3.05) is 7.11 Å². The maximum atomic E-state index is 12.7. The molecule has 4 aromatic rings. The average molecular weight is 308 g/mol. The minimum Gasteiger partial charge on any atom is -0.377 e. The van der Waals surface area contributed by atoms with Gasteiger partial charge in [0.15, 0.2) is 5.82 Å². The van der Waals surface area contributed by atoms with Crippen LogP contribution in [0.1, 0.15) is 5.82 Å². The van der Waals surface area contributed by atoms with Crippen LogP contribution >= 0.6 is 0 Å². The van der Waals surface area contributed by atoms with Crippen LogP contribution in [0.4, 0.5) is 0 Å². The summed E-state index contributed by atoms with van der Waals surface area (Å²) in [5, 5.41) is 4.80. The monoisotopic (exact) mass is 308 g/mol. The summed E-state index contributed by atoms with van der Waals surface area (Å²) in [4.78, 5) is 25.2. The van der Waals surface area contributed by atoms with E-state index < -0.39 is 0 Å². The normalized spacial score (nSPS) is 11.3. The van der Waals surface area contributed by atoms with Gasteiger partial charge in [0.25, 0.3) is 11.3 Å². The first kappa shape index (κ1) is 13.5. The van der Waals surface area contributed by atoms with E-state index >= 15 is 0 Å². The molecule has 23 heavy (non-hydrogen) atoms. The Morgan fingerprint density at radius 1 is 1.22 bits per heavy atom. The number of hydrogen-bond acceptors (Lipinski definition) is 6. The number of ether oxygens (including phenoxy) is 1. The molecule has 0 spiro atoms. The molecule has 8 nitrogen and oxygen atoms in total. The van der Waals surface area contributed by atoms with Gasteiger partial charge >= 0.3 is 0 Å². The third-order valence-corrected chi connectivity index (χ3v) is 3.49. The van der Waals surface area contributed by atoms with Crippen molar-refractivity contribution in [3.05, 3.63) is 59.2 Å². The summed E-state index contributed by atoms with van der Waals surface area (Å²) in [7, 11) is 1.57. The SMILES string of the molecule is COCc1nc2ncc3c(=O)n(-c4ccncc4)ccc3n2n1. The molecule has 0 unspecified atom stereocenters. The summed E-state index contributed by atoms with van der Waals surface area (Å²) in [6, 6.07) is 5.35. The summed E-state index contributed by atoms with van der Waals surface area (Å²) in [5.41, 5.74) is 1.22. The first-order valence-electron chi connectivity index (χ1n) is 6.93. The standard InChI is InChI=1S/C15H12N6O2/c1-23-9-13-18-15-17-8-11-12(21(15)19-13)4-7-20(14(11)22)10-2-5-16-6-3-10/h2-8H,9H2,1H3. The van der Waals surface area contributed by atoms with Gasteiger partial charge in [0.2, 0.25) is 0 Å². The quantitative estimate of drug-likeness (QED) is 0.560. The molecule has 0 radical (unpaired) electrons. The molecule has 0 saturated heterocycles. The zero-order valence-corrected chi connectivity index (χ0v) is 12.2. The third-order valence-electron chi connectivity index (χ3n) is 3.49. The Bertz CT molecular complexity index is 1050. The van der Waals surface area contributed by atoms with E-state index in [1.807, 2.05) is 6.07 Å². The molecule has 4 heterocycles. The predicted octanol–water partition coefficient (Wildman–Crippen LogP) is 0.970. The van der Waals surface area contributed by atoms with Crippen LogP contribution in [-0.2, 0) is 11.3 Å². The van der Waals surface area contributed by atoms with Crippen LogP contribution in [0, 0.1) is 0 Å². The highest BCUT2D eigenvalue weighted by atomic mass is 16.5. The Balaban J connectivity index is 1.98. The summed E-state index contributed by atoms with van der Waals surface area (Å²) in [5.74, 6) is 0.955. The van der Waals surface area contributed by atoms with Crippen molar-refractivity contribution in [2.24, 2.45) is 0 Å². The number of nitrogens with zero attached hydrogens (tertiary/aromatic N) is 6. The molecular weight excluding hydrogens is 296 g/mol. The Kier molecular flexibility index (Phi) is 3.09. The van der Waals surface area contributed by atoms with Gasteiger partial charge < -0.3 is 4.74 Å². The van der Waals surface area contributed by atoms with Gasteiger partial charge in [-0.3, -0.25) is 14.3 Å². The molecule has 114 valence electrons. The lowest BCUT2D eigenvalue weighted by atomic mass is 10.3. The van der Waals surface area contributed by atoms with Gasteiger partial charge in [0.1, 0.15) is 6.61 Å². The number of rotatable bonds is 3. The highest BCUT2D eigenvalue weighted by Crippen LogP contribution is 2.12. The average Bonchev–Trinajstić information content (AvgIpc) is 2.99. The van der Waals surface area contributed by atoms with Crippen LogP contribution < -0.4 is 5.56 Å². The second-order valence-corrected chi connectivity index (χ2v) is 4.93. The molecule has 8 heteroatoms. The number of pyridine rings is 2. The van der Waals surface area contributed by atoms with Gasteiger partial charge in [-0.15, -0.1) is 5.10 Å². The van der Waals surface area contributed by atoms with E-state index in [4.69, 9.17) is 4.74 Å². The fourth-order valence-corrected chi connectivity index (χ4v) is 2.46. The first-order valence-corrected chi connectivity index (χ1v) is 6.93. The van der Waals surface area contributed by atoms with Crippen molar-refractivity contribution in [2.45, 2.75) is 6.61 Å². The lowest BCUT2D eigenvalue weighted by Crippen LogP contribution is -2.18. The fraction of sp³-hybridized carbons (Fsp3) is 0.133. The fourth-order valence-electron chi connectivity index (χ4n) is 2.46. The zero-order valence-electron chi connectivity index (χ0n) is 12.2. The molecule has 0 saturated carbocycles. The summed E-state index contributed by atoms with van der Waals surface area (Å²) in [6.07, 6.45) is 6.51. The summed E-state index contributed by atoms with van der Waals surface area (Å²) in [6.45, 7) is 0.291. The molecule has 0 aliphatic carbocycles. The predicted molar refractivity (Wildman–Crippen MR) is 82.4 cm³/mol. The molecule has 0 atom stereocenters. The van der Waals surface area contributed by atoms with E-state index in [0.29, 0.717) is 29.1 Å². The highest BCUT2D eigenvalue weighted by molar-refractivity contribution is 5.78. The maximum Gasteiger partial charge on any atom is 0.266 e. The van der Waals surface area contributed by atoms with Crippen molar-refractivity contribution in [3.63, 3.8) is 0 Å². The van der Waals surface area contributed by atoms with Crippen LogP contribution in [0.15, 0.2) is 47.8 Å². The lowest BCUT2D eigenvalue weighted by Gasteiger charge is -2.07. The molecule has 0 aliphatic rings. The number of aromatic nitrogens is 6. The third kappa shape index (κ3) is 2.16. The van der Waals surface area contributed by atoms with Crippen molar-refractivity contribution < 1.29 is 4.74 Å². The Labute approximate surface area is 130 Å². The van der Waals surface area contributed by atoms with Crippen molar-refractivity contribution >= 4 is 16.7 Å². The van der Waals surface area contributed by atoms with Crippen LogP contribution in [0.3, 0.4) is 0 Å². The van der Waals surface area contributed by atoms with Gasteiger partial charge in [-0.2, -0.15) is 9.50 Å². The van der Waals surface area contributed by atoms with Gasteiger partial charge in [-0.05, 0) is 18.2 Å². The van der Waals surface area contributed by atoms with Gasteiger partial charge in [0.05, 0.1) is 16.6 Å². The minimum absolute atomic E-state index is 0.174. The molecule has 0 fully saturated rings.